The molecular weight excluding hydrogens is 244 g/mol. The molecule has 0 spiro atoms. The number of nitrogens with one attached hydrogen (secondary N) is 2. The van der Waals surface area contributed by atoms with Gasteiger partial charge in [0, 0.05) is 12.1 Å². The highest BCUT2D eigenvalue weighted by Gasteiger charge is 2.22. The van der Waals surface area contributed by atoms with E-state index in [1.54, 1.807) is 0 Å². The number of carbonyl (C=O) groups is 1. The second kappa shape index (κ2) is 5.93. The van der Waals surface area contributed by atoms with E-state index in [1.807, 2.05) is 6.92 Å². The predicted molar refractivity (Wildman–Crippen MR) is 72.3 cm³/mol. The van der Waals surface area contributed by atoms with E-state index in [9.17, 15) is 15.0 Å². The zero-order valence-electron chi connectivity index (χ0n) is 11.0. The van der Waals surface area contributed by atoms with Crippen molar-refractivity contribution in [2.45, 2.75) is 38.3 Å². The van der Waals surface area contributed by atoms with Crippen molar-refractivity contribution in [3.05, 3.63) is 23.8 Å². The number of hydrogen-bond acceptors (Lipinski definition) is 4. The number of carbonyl (C=O) groups excluding carboxylic acids is 1. The van der Waals surface area contributed by atoms with Crippen molar-refractivity contribution in [2.75, 3.05) is 6.54 Å². The van der Waals surface area contributed by atoms with Crippen LogP contribution in [0, 0.1) is 0 Å². The van der Waals surface area contributed by atoms with E-state index in [0.717, 1.165) is 19.4 Å². The molecule has 1 aromatic rings. The van der Waals surface area contributed by atoms with Gasteiger partial charge in [-0.2, -0.15) is 0 Å². The van der Waals surface area contributed by atoms with Crippen LogP contribution in [0.25, 0.3) is 0 Å². The molecule has 4 N–H and O–H groups in total. The molecule has 2 rings (SSSR count). The molecule has 1 aliphatic heterocycles. The number of amides is 1. The van der Waals surface area contributed by atoms with E-state index in [2.05, 4.69) is 10.6 Å². The summed E-state index contributed by atoms with van der Waals surface area (Å²) < 4.78 is 0. The molecule has 0 aromatic heterocycles. The zero-order chi connectivity index (χ0) is 13.8. The van der Waals surface area contributed by atoms with Crippen molar-refractivity contribution in [1.82, 2.24) is 10.6 Å². The average Bonchev–Trinajstić information content (AvgIpc) is 2.42. The van der Waals surface area contributed by atoms with Gasteiger partial charge in [0.2, 0.25) is 0 Å². The Bertz CT molecular complexity index is 456. The lowest BCUT2D eigenvalue weighted by Gasteiger charge is -2.29. The third kappa shape index (κ3) is 3.17. The fraction of sp³-hybridized carbons (Fsp3) is 0.500. The van der Waals surface area contributed by atoms with Gasteiger partial charge in [-0.05, 0) is 38.4 Å². The summed E-state index contributed by atoms with van der Waals surface area (Å²) in [6.07, 6.45) is 3.37. The number of rotatable bonds is 3. The van der Waals surface area contributed by atoms with Gasteiger partial charge in [-0.25, -0.2) is 0 Å². The van der Waals surface area contributed by atoms with Crippen LogP contribution < -0.4 is 10.6 Å². The molecule has 1 saturated heterocycles. The molecular formula is C14H20N2O3. The van der Waals surface area contributed by atoms with Crippen LogP contribution in [0.2, 0.25) is 0 Å². The lowest BCUT2D eigenvalue weighted by Crippen LogP contribution is -2.50. The second-order valence-corrected chi connectivity index (χ2v) is 4.99. The Hall–Kier alpha value is -1.75. The molecule has 1 heterocycles. The first-order valence-electron chi connectivity index (χ1n) is 6.65. The van der Waals surface area contributed by atoms with E-state index in [1.165, 1.54) is 24.6 Å². The molecule has 19 heavy (non-hydrogen) atoms. The minimum atomic E-state index is -0.371. The van der Waals surface area contributed by atoms with Crippen molar-refractivity contribution in [2.24, 2.45) is 0 Å². The maximum absolute atomic E-state index is 12.1. The third-order valence-corrected chi connectivity index (χ3v) is 3.57. The fourth-order valence-electron chi connectivity index (χ4n) is 2.41. The molecule has 5 heteroatoms. The Balaban J connectivity index is 2.02. The Morgan fingerprint density at radius 2 is 2.21 bits per heavy atom. The Morgan fingerprint density at radius 1 is 1.42 bits per heavy atom. The van der Waals surface area contributed by atoms with Gasteiger partial charge in [-0.15, -0.1) is 0 Å². The standard InChI is InChI=1S/C14H20N2O3/c1-9(11-6-2-3-8-15-11)16-14(19)10-5-4-7-12(17)13(10)18/h4-5,7,9,11,15,17-18H,2-3,6,8H2,1H3,(H,16,19). The summed E-state index contributed by atoms with van der Waals surface area (Å²) in [5.74, 6) is -1.02. The highest BCUT2D eigenvalue weighted by atomic mass is 16.3. The maximum atomic E-state index is 12.1. The second-order valence-electron chi connectivity index (χ2n) is 4.99. The highest BCUT2D eigenvalue weighted by Crippen LogP contribution is 2.28. The number of phenolic OH excluding ortho intramolecular Hbond substituents is 2. The summed E-state index contributed by atoms with van der Waals surface area (Å²) in [5.41, 5.74) is 0.0997. The van der Waals surface area contributed by atoms with Crippen LogP contribution in [0.3, 0.4) is 0 Å². The lowest BCUT2D eigenvalue weighted by atomic mass is 9.99. The van der Waals surface area contributed by atoms with E-state index in [-0.39, 0.29) is 35.1 Å². The molecule has 2 atom stereocenters. The quantitative estimate of drug-likeness (QED) is 0.621. The zero-order valence-corrected chi connectivity index (χ0v) is 11.0. The van der Waals surface area contributed by atoms with Crippen molar-refractivity contribution >= 4 is 5.91 Å². The topological polar surface area (TPSA) is 81.6 Å². The molecule has 0 saturated carbocycles. The molecule has 1 aliphatic rings. The molecule has 0 bridgehead atoms. The first kappa shape index (κ1) is 13.7. The SMILES string of the molecule is CC(NC(=O)c1cccc(O)c1O)C1CCCCN1. The lowest BCUT2D eigenvalue weighted by molar-refractivity contribution is 0.0924. The molecule has 1 amide bonds. The van der Waals surface area contributed by atoms with E-state index in [0.29, 0.717) is 0 Å². The number of phenols is 2. The largest absolute Gasteiger partial charge is 0.504 e. The number of benzene rings is 1. The fourth-order valence-corrected chi connectivity index (χ4v) is 2.41. The summed E-state index contributed by atoms with van der Waals surface area (Å²) in [6.45, 7) is 2.92. The van der Waals surface area contributed by atoms with Gasteiger partial charge in [-0.3, -0.25) is 4.79 Å². The summed E-state index contributed by atoms with van der Waals surface area (Å²) in [6, 6.07) is 4.61. The summed E-state index contributed by atoms with van der Waals surface area (Å²) in [7, 11) is 0. The van der Waals surface area contributed by atoms with Crippen molar-refractivity contribution < 1.29 is 15.0 Å². The number of para-hydroxylation sites is 1. The van der Waals surface area contributed by atoms with Crippen LogP contribution >= 0.6 is 0 Å². The van der Waals surface area contributed by atoms with Gasteiger partial charge in [-0.1, -0.05) is 12.5 Å². The Labute approximate surface area is 112 Å². The number of piperidine rings is 1. The van der Waals surface area contributed by atoms with E-state index < -0.39 is 0 Å². The van der Waals surface area contributed by atoms with Gasteiger partial charge >= 0.3 is 0 Å². The van der Waals surface area contributed by atoms with Crippen molar-refractivity contribution in [3.63, 3.8) is 0 Å². The van der Waals surface area contributed by atoms with Crippen LogP contribution in [0.15, 0.2) is 18.2 Å². The summed E-state index contributed by atoms with van der Waals surface area (Å²) >= 11 is 0. The summed E-state index contributed by atoms with van der Waals surface area (Å²) in [5, 5.41) is 25.3. The van der Waals surface area contributed by atoms with Gasteiger partial charge in [0.05, 0.1) is 5.56 Å². The van der Waals surface area contributed by atoms with Crippen LogP contribution in [0.5, 0.6) is 11.5 Å². The van der Waals surface area contributed by atoms with Gasteiger partial charge < -0.3 is 20.8 Å². The number of hydrogen-bond donors (Lipinski definition) is 4. The molecule has 0 radical (unpaired) electrons. The van der Waals surface area contributed by atoms with Crippen LogP contribution in [-0.4, -0.2) is 34.7 Å². The molecule has 1 fully saturated rings. The van der Waals surface area contributed by atoms with Crippen LogP contribution in [-0.2, 0) is 0 Å². The Morgan fingerprint density at radius 3 is 2.89 bits per heavy atom. The first-order valence-corrected chi connectivity index (χ1v) is 6.65. The normalized spacial score (nSPS) is 20.8. The average molecular weight is 264 g/mol. The monoisotopic (exact) mass is 264 g/mol. The van der Waals surface area contributed by atoms with Gasteiger partial charge in [0.1, 0.15) is 0 Å². The Kier molecular flexibility index (Phi) is 4.27. The predicted octanol–water partition coefficient (Wildman–Crippen LogP) is 1.36. The minimum Gasteiger partial charge on any atom is -0.504 e. The smallest absolute Gasteiger partial charge is 0.255 e. The van der Waals surface area contributed by atoms with Gasteiger partial charge in [0.15, 0.2) is 11.5 Å². The molecule has 1 aromatic carbocycles. The maximum Gasteiger partial charge on any atom is 0.255 e. The summed E-state index contributed by atoms with van der Waals surface area (Å²) in [4.78, 5) is 12.1. The van der Waals surface area contributed by atoms with Crippen LogP contribution in [0.1, 0.15) is 36.5 Å². The van der Waals surface area contributed by atoms with Crippen molar-refractivity contribution in [1.29, 1.82) is 0 Å². The van der Waals surface area contributed by atoms with E-state index in [4.69, 9.17) is 0 Å². The van der Waals surface area contributed by atoms with E-state index >= 15 is 0 Å². The van der Waals surface area contributed by atoms with Crippen LogP contribution in [0.4, 0.5) is 0 Å². The molecule has 5 nitrogen and oxygen atoms in total. The number of aromatic hydroxyl groups is 2. The first-order chi connectivity index (χ1) is 9.09. The highest BCUT2D eigenvalue weighted by molar-refractivity contribution is 5.97. The molecule has 0 aliphatic carbocycles. The minimum absolute atomic E-state index is 0.0189. The molecule has 104 valence electrons. The van der Waals surface area contributed by atoms with Crippen molar-refractivity contribution in [3.8, 4) is 11.5 Å². The third-order valence-electron chi connectivity index (χ3n) is 3.57. The molecule has 2 unspecified atom stereocenters. The van der Waals surface area contributed by atoms with Gasteiger partial charge in [0.25, 0.3) is 5.91 Å².